The summed E-state index contributed by atoms with van der Waals surface area (Å²) >= 11 is 0. The molecule has 2 aromatic carbocycles. The van der Waals surface area contributed by atoms with E-state index in [1.54, 1.807) is 24.3 Å². The van der Waals surface area contributed by atoms with Crippen molar-refractivity contribution in [3.05, 3.63) is 70.8 Å². The summed E-state index contributed by atoms with van der Waals surface area (Å²) in [5.41, 5.74) is 2.82. The summed E-state index contributed by atoms with van der Waals surface area (Å²) in [5.74, 6) is -2.25. The summed E-state index contributed by atoms with van der Waals surface area (Å²) < 4.78 is 0. The second-order valence-electron chi connectivity index (χ2n) is 7.14. The quantitative estimate of drug-likeness (QED) is 0.654. The van der Waals surface area contributed by atoms with Gasteiger partial charge in [0.05, 0.1) is 5.92 Å². The zero-order chi connectivity index (χ0) is 20.7. The lowest BCUT2D eigenvalue weighted by Gasteiger charge is -2.14. The highest BCUT2D eigenvalue weighted by atomic mass is 16.4. The lowest BCUT2D eigenvalue weighted by Crippen LogP contribution is -2.34. The van der Waals surface area contributed by atoms with Crippen LogP contribution < -0.4 is 10.6 Å². The molecule has 0 spiro atoms. The number of amides is 2. The van der Waals surface area contributed by atoms with Crippen molar-refractivity contribution in [2.75, 3.05) is 6.54 Å². The fourth-order valence-electron chi connectivity index (χ4n) is 2.81. The predicted octanol–water partition coefficient (Wildman–Crippen LogP) is 2.81. The fraction of sp³-hybridized carbons (Fsp3) is 0.318. The standard InChI is InChI=1S/C22H26N2O4/c1-14(2)24-21(26)18-9-7-17(8-10-18)20(25)23-13-19(22(27)28)12-16-6-4-5-15(3)11-16/h4-11,14,19H,12-13H2,1-3H3,(H,23,25)(H,24,26)(H,27,28). The second-order valence-corrected chi connectivity index (χ2v) is 7.14. The van der Waals surface area contributed by atoms with Crippen LogP contribution in [0.25, 0.3) is 0 Å². The van der Waals surface area contributed by atoms with Crippen LogP contribution in [0.5, 0.6) is 0 Å². The summed E-state index contributed by atoms with van der Waals surface area (Å²) in [6.07, 6.45) is 0.339. The van der Waals surface area contributed by atoms with E-state index < -0.39 is 11.9 Å². The second kappa shape index (κ2) is 9.69. The highest BCUT2D eigenvalue weighted by Gasteiger charge is 2.19. The van der Waals surface area contributed by atoms with E-state index in [9.17, 15) is 19.5 Å². The first-order valence-electron chi connectivity index (χ1n) is 9.23. The van der Waals surface area contributed by atoms with Gasteiger partial charge in [-0.05, 0) is 57.0 Å². The van der Waals surface area contributed by atoms with Crippen LogP contribution >= 0.6 is 0 Å². The van der Waals surface area contributed by atoms with Crippen LogP contribution in [0.3, 0.4) is 0 Å². The Kier molecular flexibility index (Phi) is 7.32. The van der Waals surface area contributed by atoms with Crippen molar-refractivity contribution < 1.29 is 19.5 Å². The van der Waals surface area contributed by atoms with Crippen molar-refractivity contribution in [2.24, 2.45) is 5.92 Å². The third kappa shape index (κ3) is 6.23. The van der Waals surface area contributed by atoms with Crippen molar-refractivity contribution in [3.8, 4) is 0 Å². The smallest absolute Gasteiger partial charge is 0.308 e. The van der Waals surface area contributed by atoms with Crippen LogP contribution in [-0.2, 0) is 11.2 Å². The molecule has 0 aliphatic rings. The SMILES string of the molecule is Cc1cccc(CC(CNC(=O)c2ccc(C(=O)NC(C)C)cc2)C(=O)O)c1. The number of hydrogen-bond donors (Lipinski definition) is 3. The monoisotopic (exact) mass is 382 g/mol. The number of aliphatic carboxylic acids is 1. The Bertz CT molecular complexity index is 844. The maximum absolute atomic E-state index is 12.3. The van der Waals surface area contributed by atoms with E-state index in [-0.39, 0.29) is 24.4 Å². The van der Waals surface area contributed by atoms with Gasteiger partial charge in [-0.1, -0.05) is 29.8 Å². The maximum Gasteiger partial charge on any atom is 0.308 e. The first kappa shape index (κ1) is 21.2. The number of nitrogens with one attached hydrogen (secondary N) is 2. The molecule has 2 amide bonds. The summed E-state index contributed by atoms with van der Waals surface area (Å²) in [6.45, 7) is 5.72. The van der Waals surface area contributed by atoms with Gasteiger partial charge < -0.3 is 15.7 Å². The van der Waals surface area contributed by atoms with Crippen molar-refractivity contribution in [3.63, 3.8) is 0 Å². The average Bonchev–Trinajstić information content (AvgIpc) is 2.64. The topological polar surface area (TPSA) is 95.5 Å². The Labute approximate surface area is 165 Å². The summed E-state index contributed by atoms with van der Waals surface area (Å²) in [6, 6.07) is 14.0. The molecule has 0 aliphatic heterocycles. The molecule has 28 heavy (non-hydrogen) atoms. The van der Waals surface area contributed by atoms with Gasteiger partial charge in [-0.3, -0.25) is 14.4 Å². The number of aryl methyl sites for hydroxylation is 1. The summed E-state index contributed by atoms with van der Waals surface area (Å²) in [5, 5.41) is 14.9. The number of carbonyl (C=O) groups is 3. The van der Waals surface area contributed by atoms with Crippen LogP contribution in [-0.4, -0.2) is 35.5 Å². The molecule has 0 saturated heterocycles. The van der Waals surface area contributed by atoms with Gasteiger partial charge in [-0.25, -0.2) is 0 Å². The Hall–Kier alpha value is -3.15. The van der Waals surface area contributed by atoms with Crippen LogP contribution in [0.15, 0.2) is 48.5 Å². The van der Waals surface area contributed by atoms with Gasteiger partial charge in [0.15, 0.2) is 0 Å². The Morgan fingerprint density at radius 1 is 0.964 bits per heavy atom. The molecule has 2 aromatic rings. The lowest BCUT2D eigenvalue weighted by molar-refractivity contribution is -0.141. The molecule has 0 aromatic heterocycles. The van der Waals surface area contributed by atoms with Crippen LogP contribution in [0.1, 0.15) is 45.7 Å². The van der Waals surface area contributed by atoms with E-state index >= 15 is 0 Å². The predicted molar refractivity (Wildman–Crippen MR) is 107 cm³/mol. The van der Waals surface area contributed by atoms with E-state index in [4.69, 9.17) is 0 Å². The largest absolute Gasteiger partial charge is 0.481 e. The summed E-state index contributed by atoms with van der Waals surface area (Å²) in [4.78, 5) is 35.8. The van der Waals surface area contributed by atoms with Gasteiger partial charge in [0.1, 0.15) is 0 Å². The molecule has 0 fully saturated rings. The molecule has 6 heteroatoms. The number of carboxylic acids is 1. The molecule has 148 valence electrons. The van der Waals surface area contributed by atoms with Gasteiger partial charge in [0, 0.05) is 23.7 Å². The molecule has 0 saturated carbocycles. The van der Waals surface area contributed by atoms with E-state index in [2.05, 4.69) is 10.6 Å². The normalized spacial score (nSPS) is 11.7. The number of carbonyl (C=O) groups excluding carboxylic acids is 2. The fourth-order valence-corrected chi connectivity index (χ4v) is 2.81. The zero-order valence-electron chi connectivity index (χ0n) is 16.4. The number of carboxylic acid groups (broad SMARTS) is 1. The van der Waals surface area contributed by atoms with E-state index in [1.807, 2.05) is 45.0 Å². The average molecular weight is 382 g/mol. The van der Waals surface area contributed by atoms with E-state index in [1.165, 1.54) is 0 Å². The number of rotatable bonds is 8. The third-order valence-electron chi connectivity index (χ3n) is 4.25. The van der Waals surface area contributed by atoms with Crippen molar-refractivity contribution in [1.29, 1.82) is 0 Å². The maximum atomic E-state index is 12.3. The minimum atomic E-state index is -0.956. The van der Waals surface area contributed by atoms with Gasteiger partial charge >= 0.3 is 5.97 Å². The molecular weight excluding hydrogens is 356 g/mol. The molecule has 2 rings (SSSR count). The minimum Gasteiger partial charge on any atom is -0.481 e. The Balaban J connectivity index is 1.97. The van der Waals surface area contributed by atoms with Crippen molar-refractivity contribution in [1.82, 2.24) is 10.6 Å². The first-order chi connectivity index (χ1) is 13.3. The molecule has 1 unspecified atom stereocenters. The van der Waals surface area contributed by atoms with Crippen molar-refractivity contribution >= 4 is 17.8 Å². The van der Waals surface area contributed by atoms with Gasteiger partial charge in [0.2, 0.25) is 0 Å². The Morgan fingerprint density at radius 3 is 2.11 bits per heavy atom. The van der Waals surface area contributed by atoms with Gasteiger partial charge in [-0.2, -0.15) is 0 Å². The molecule has 1 atom stereocenters. The molecule has 0 radical (unpaired) electrons. The minimum absolute atomic E-state index is 0.0248. The van der Waals surface area contributed by atoms with Crippen LogP contribution in [0, 0.1) is 12.8 Å². The van der Waals surface area contributed by atoms with Gasteiger partial charge in [-0.15, -0.1) is 0 Å². The molecule has 0 heterocycles. The Morgan fingerprint density at radius 2 is 1.57 bits per heavy atom. The summed E-state index contributed by atoms with van der Waals surface area (Å²) in [7, 11) is 0. The van der Waals surface area contributed by atoms with E-state index in [0.29, 0.717) is 17.5 Å². The molecule has 3 N–H and O–H groups in total. The number of benzene rings is 2. The van der Waals surface area contributed by atoms with Crippen molar-refractivity contribution in [2.45, 2.75) is 33.2 Å². The zero-order valence-corrected chi connectivity index (χ0v) is 16.4. The highest BCUT2D eigenvalue weighted by Crippen LogP contribution is 2.12. The highest BCUT2D eigenvalue weighted by molar-refractivity contribution is 5.98. The first-order valence-corrected chi connectivity index (χ1v) is 9.23. The molecule has 6 nitrogen and oxygen atoms in total. The molecular formula is C22H26N2O4. The third-order valence-corrected chi connectivity index (χ3v) is 4.25. The lowest BCUT2D eigenvalue weighted by atomic mass is 9.98. The van der Waals surface area contributed by atoms with Crippen LogP contribution in [0.2, 0.25) is 0 Å². The van der Waals surface area contributed by atoms with E-state index in [0.717, 1.165) is 11.1 Å². The molecule has 0 bridgehead atoms. The molecule has 0 aliphatic carbocycles. The van der Waals surface area contributed by atoms with Gasteiger partial charge in [0.25, 0.3) is 11.8 Å². The number of hydrogen-bond acceptors (Lipinski definition) is 3. The van der Waals surface area contributed by atoms with Crippen LogP contribution in [0.4, 0.5) is 0 Å².